The summed E-state index contributed by atoms with van der Waals surface area (Å²) >= 11 is 4.75. The summed E-state index contributed by atoms with van der Waals surface area (Å²) in [7, 11) is 1.51. The average Bonchev–Trinajstić information content (AvgIpc) is 3.86. The number of Topliss-reactive ketones (excluding diaryl/α,β-unsaturated/α-hetero) is 2. The van der Waals surface area contributed by atoms with Crippen molar-refractivity contribution in [1.29, 1.82) is 0 Å². The van der Waals surface area contributed by atoms with E-state index in [1.165, 1.54) is 15.8 Å². The zero-order valence-electron chi connectivity index (χ0n) is 25.5. The van der Waals surface area contributed by atoms with Gasteiger partial charge in [-0.25, -0.2) is 8.42 Å². The minimum atomic E-state index is -3.47. The van der Waals surface area contributed by atoms with Crippen LogP contribution >= 0.6 is 44.7 Å². The fraction of sp³-hybridized carbons (Fsp3) is 0.562. The molecule has 0 unspecified atom stereocenters. The Bertz CT molecular complexity index is 1350. The standard InChI is InChI=1S/C12H18N2OS.C10H13NOS.C5H9NO.C4H3ClO2S2.CH4/c1-2-11(16-9-1)10-14-6-3-12(4-7-14)13-5-8-15-12;12-9-3-5-11(6-4-9)8-10-2-1-7-13-10;7-5-1-3-6-4-2-5;5-9(6,7)4-2-1-3-8-4;/h1-2,9,13H,3-8,10H2;1-2,7H,3-6,8H2;6H,1-4H2;1-3H;1H4. The van der Waals surface area contributed by atoms with Crippen LogP contribution in [-0.2, 0) is 36.5 Å². The molecule has 14 heteroatoms. The van der Waals surface area contributed by atoms with Gasteiger partial charge in [0.1, 0.15) is 21.5 Å². The predicted octanol–water partition coefficient (Wildman–Crippen LogP) is 5.82. The molecule has 4 fully saturated rings. The summed E-state index contributed by atoms with van der Waals surface area (Å²) in [6, 6.07) is 11.7. The van der Waals surface area contributed by atoms with Crippen LogP contribution in [0.4, 0.5) is 0 Å². The van der Waals surface area contributed by atoms with Crippen molar-refractivity contribution >= 4 is 65.3 Å². The highest BCUT2D eigenvalue weighted by Crippen LogP contribution is 2.27. The third kappa shape index (κ3) is 13.9. The van der Waals surface area contributed by atoms with Crippen molar-refractivity contribution in [2.24, 2.45) is 0 Å². The molecule has 4 saturated heterocycles. The molecule has 7 heterocycles. The van der Waals surface area contributed by atoms with Crippen LogP contribution in [0.5, 0.6) is 0 Å². The van der Waals surface area contributed by atoms with E-state index >= 15 is 0 Å². The molecule has 1 spiro atoms. The number of likely N-dealkylation sites (tertiary alicyclic amines) is 2. The second kappa shape index (κ2) is 20.1. The molecule has 0 atom stereocenters. The lowest BCUT2D eigenvalue weighted by Crippen LogP contribution is -2.50. The van der Waals surface area contributed by atoms with Crippen molar-refractivity contribution < 1.29 is 22.7 Å². The van der Waals surface area contributed by atoms with Crippen LogP contribution in [0.15, 0.2) is 56.7 Å². The lowest BCUT2D eigenvalue weighted by molar-refractivity contribution is -0.121. The maximum Gasteiger partial charge on any atom is 0.270 e. The number of piperidine rings is 3. The molecule has 0 amide bonds. The first kappa shape index (κ1) is 38.9. The summed E-state index contributed by atoms with van der Waals surface area (Å²) < 4.78 is 27.0. The number of hydrogen-bond donors (Lipinski definition) is 2. The molecular weight excluding hydrogens is 684 g/mol. The van der Waals surface area contributed by atoms with Gasteiger partial charge in [-0.1, -0.05) is 25.6 Å². The van der Waals surface area contributed by atoms with Gasteiger partial charge in [0, 0.05) is 118 Å². The number of ketones is 2. The van der Waals surface area contributed by atoms with Gasteiger partial charge in [-0.15, -0.1) is 34.0 Å². The van der Waals surface area contributed by atoms with Gasteiger partial charge in [0.25, 0.3) is 9.05 Å². The molecule has 3 aromatic rings. The first-order valence-corrected chi connectivity index (χ1v) is 20.3. The van der Waals surface area contributed by atoms with E-state index in [1.54, 1.807) is 22.8 Å². The normalized spacial score (nSPS) is 19.9. The van der Waals surface area contributed by atoms with Gasteiger partial charge in [0.2, 0.25) is 0 Å². The van der Waals surface area contributed by atoms with Gasteiger partial charge >= 0.3 is 0 Å². The molecule has 9 nitrogen and oxygen atoms in total. The molecule has 46 heavy (non-hydrogen) atoms. The lowest BCUT2D eigenvalue weighted by Gasteiger charge is -2.38. The molecule has 0 bridgehead atoms. The van der Waals surface area contributed by atoms with Crippen molar-refractivity contribution in [2.45, 2.75) is 69.0 Å². The Morgan fingerprint density at radius 1 is 0.761 bits per heavy atom. The van der Waals surface area contributed by atoms with E-state index in [4.69, 9.17) is 15.4 Å². The van der Waals surface area contributed by atoms with Crippen LogP contribution in [-0.4, -0.2) is 87.9 Å². The Morgan fingerprint density at radius 3 is 1.67 bits per heavy atom. The van der Waals surface area contributed by atoms with Crippen LogP contribution in [0.3, 0.4) is 0 Å². The maximum atomic E-state index is 11.0. The molecule has 2 N–H and O–H groups in total. The van der Waals surface area contributed by atoms with E-state index in [1.807, 2.05) is 11.3 Å². The number of thiophene rings is 3. The zero-order chi connectivity index (χ0) is 32.0. The number of nitrogens with one attached hydrogen (secondary N) is 2. The molecule has 3 aromatic heterocycles. The SMILES string of the molecule is C.O=C1CCN(Cc2cccs2)CC1.O=C1CCNCC1.O=S(=O)(Cl)c1cccs1.c1csc(CN2CCC3(CC2)NCCO3)c1. The number of carbonyl (C=O) groups is 2. The van der Waals surface area contributed by atoms with Gasteiger partial charge in [0.15, 0.2) is 0 Å². The number of hydrogen-bond acceptors (Lipinski definition) is 12. The molecule has 256 valence electrons. The van der Waals surface area contributed by atoms with Crippen molar-refractivity contribution in [3.05, 3.63) is 62.3 Å². The average molecular weight is 731 g/mol. The Hall–Kier alpha value is -1.52. The zero-order valence-corrected chi connectivity index (χ0v) is 29.5. The Kier molecular flexibility index (Phi) is 17.0. The minimum Gasteiger partial charge on any atom is -0.359 e. The second-order valence-corrected chi connectivity index (χ2v) is 17.0. The summed E-state index contributed by atoms with van der Waals surface area (Å²) in [5.74, 6) is 0.821. The maximum absolute atomic E-state index is 11.0. The third-order valence-electron chi connectivity index (χ3n) is 7.82. The first-order valence-electron chi connectivity index (χ1n) is 15.3. The van der Waals surface area contributed by atoms with E-state index in [2.05, 4.69) is 55.5 Å². The quantitative estimate of drug-likeness (QED) is 0.314. The highest BCUT2D eigenvalue weighted by Gasteiger charge is 2.37. The van der Waals surface area contributed by atoms with Gasteiger partial charge in [0.05, 0.1) is 6.61 Å². The minimum absolute atomic E-state index is 0. The Morgan fingerprint density at radius 2 is 1.28 bits per heavy atom. The Balaban J connectivity index is 0.000000174. The molecule has 0 aromatic carbocycles. The van der Waals surface area contributed by atoms with Crippen LogP contribution in [0.2, 0.25) is 0 Å². The van der Waals surface area contributed by atoms with Gasteiger partial charge in [-0.3, -0.25) is 24.7 Å². The van der Waals surface area contributed by atoms with E-state index in [0.29, 0.717) is 11.6 Å². The first-order chi connectivity index (χ1) is 21.7. The van der Waals surface area contributed by atoms with Crippen molar-refractivity contribution in [3.8, 4) is 0 Å². The molecule has 0 saturated carbocycles. The van der Waals surface area contributed by atoms with E-state index in [9.17, 15) is 18.0 Å². The topological polar surface area (TPSA) is 108 Å². The summed E-state index contributed by atoms with van der Waals surface area (Å²) in [5.41, 5.74) is 0.0198. The molecular formula is C32H47ClN4O5S4. The monoisotopic (exact) mass is 730 g/mol. The fourth-order valence-electron chi connectivity index (χ4n) is 5.28. The largest absolute Gasteiger partial charge is 0.359 e. The van der Waals surface area contributed by atoms with Gasteiger partial charge in [-0.05, 0) is 34.3 Å². The summed E-state index contributed by atoms with van der Waals surface area (Å²) in [4.78, 5) is 29.2. The highest BCUT2D eigenvalue weighted by atomic mass is 35.7. The number of carbonyl (C=O) groups excluding carboxylic acids is 2. The van der Waals surface area contributed by atoms with E-state index < -0.39 is 9.05 Å². The smallest absolute Gasteiger partial charge is 0.270 e. The molecule has 4 aliphatic rings. The second-order valence-electron chi connectivity index (χ2n) is 11.2. The number of halogens is 1. The fourth-order valence-corrected chi connectivity index (χ4v) is 8.57. The van der Waals surface area contributed by atoms with Crippen molar-refractivity contribution in [1.82, 2.24) is 20.4 Å². The van der Waals surface area contributed by atoms with E-state index in [0.717, 1.165) is 115 Å². The number of nitrogens with zero attached hydrogens (tertiary/aromatic N) is 2. The molecule has 7 rings (SSSR count). The summed E-state index contributed by atoms with van der Waals surface area (Å²) in [6.45, 7) is 9.97. The predicted molar refractivity (Wildman–Crippen MR) is 191 cm³/mol. The Labute approximate surface area is 290 Å². The third-order valence-corrected chi connectivity index (χ3v) is 12.5. The summed E-state index contributed by atoms with van der Waals surface area (Å²) in [5, 5.41) is 12.5. The summed E-state index contributed by atoms with van der Waals surface area (Å²) in [6.07, 6.45) is 5.20. The lowest BCUT2D eigenvalue weighted by atomic mass is 10.0. The van der Waals surface area contributed by atoms with Crippen LogP contribution in [0.1, 0.15) is 55.7 Å². The van der Waals surface area contributed by atoms with Crippen molar-refractivity contribution in [3.63, 3.8) is 0 Å². The van der Waals surface area contributed by atoms with Crippen LogP contribution < -0.4 is 10.6 Å². The number of ether oxygens (including phenoxy) is 1. The molecule has 0 aliphatic carbocycles. The molecule has 0 radical (unpaired) electrons. The van der Waals surface area contributed by atoms with Crippen LogP contribution in [0.25, 0.3) is 0 Å². The van der Waals surface area contributed by atoms with Crippen LogP contribution in [0, 0.1) is 0 Å². The van der Waals surface area contributed by atoms with Crippen molar-refractivity contribution in [2.75, 3.05) is 52.4 Å². The number of rotatable bonds is 5. The van der Waals surface area contributed by atoms with E-state index in [-0.39, 0.29) is 17.4 Å². The van der Waals surface area contributed by atoms with Gasteiger partial charge < -0.3 is 10.1 Å². The van der Waals surface area contributed by atoms with Gasteiger partial charge in [-0.2, -0.15) is 0 Å². The molecule has 4 aliphatic heterocycles. The highest BCUT2D eigenvalue weighted by molar-refractivity contribution is 8.15.